The molecular formula is C17H19BrOS. The third-order valence-electron chi connectivity index (χ3n) is 4.30. The number of halogens is 1. The van der Waals surface area contributed by atoms with Crippen molar-refractivity contribution in [1.82, 2.24) is 0 Å². The molecule has 0 saturated heterocycles. The molecule has 1 fully saturated rings. The van der Waals surface area contributed by atoms with Gasteiger partial charge in [-0.1, -0.05) is 30.3 Å². The quantitative estimate of drug-likeness (QED) is 0.825. The van der Waals surface area contributed by atoms with Gasteiger partial charge >= 0.3 is 0 Å². The number of aliphatic hydroxyl groups is 1. The molecule has 1 N–H and O–H groups in total. The van der Waals surface area contributed by atoms with Gasteiger partial charge in [0.25, 0.3) is 0 Å². The predicted octanol–water partition coefficient (Wildman–Crippen LogP) is 5.00. The SMILES string of the molecule is OC1CCC(c2ccccc2)CC1Cc1cc(Br)cs1. The molecule has 3 heteroatoms. The molecular weight excluding hydrogens is 332 g/mol. The summed E-state index contributed by atoms with van der Waals surface area (Å²) in [5, 5.41) is 12.4. The van der Waals surface area contributed by atoms with Crippen LogP contribution in [0.15, 0.2) is 46.3 Å². The highest BCUT2D eigenvalue weighted by Crippen LogP contribution is 2.38. The Labute approximate surface area is 132 Å². The van der Waals surface area contributed by atoms with Crippen molar-refractivity contribution in [2.45, 2.75) is 37.7 Å². The van der Waals surface area contributed by atoms with E-state index in [4.69, 9.17) is 0 Å². The Balaban J connectivity index is 1.70. The second-order valence-electron chi connectivity index (χ2n) is 5.68. The molecule has 1 nitrogen and oxygen atoms in total. The summed E-state index contributed by atoms with van der Waals surface area (Å²) in [4.78, 5) is 1.37. The van der Waals surface area contributed by atoms with Gasteiger partial charge in [-0.15, -0.1) is 11.3 Å². The molecule has 2 aromatic rings. The van der Waals surface area contributed by atoms with Crippen LogP contribution in [0.1, 0.15) is 35.6 Å². The lowest BCUT2D eigenvalue weighted by Gasteiger charge is -2.33. The van der Waals surface area contributed by atoms with Crippen LogP contribution in [0.25, 0.3) is 0 Å². The van der Waals surface area contributed by atoms with E-state index in [0.717, 1.165) is 30.2 Å². The zero-order valence-corrected chi connectivity index (χ0v) is 13.7. The third-order valence-corrected chi connectivity index (χ3v) is 6.02. The summed E-state index contributed by atoms with van der Waals surface area (Å²) in [6.45, 7) is 0. The third kappa shape index (κ3) is 3.33. The number of aliphatic hydroxyl groups excluding tert-OH is 1. The van der Waals surface area contributed by atoms with Gasteiger partial charge in [-0.2, -0.15) is 0 Å². The maximum atomic E-state index is 10.3. The first-order valence-electron chi connectivity index (χ1n) is 7.18. The Kier molecular flexibility index (Phi) is 4.59. The van der Waals surface area contributed by atoms with Crippen LogP contribution in [-0.2, 0) is 6.42 Å². The smallest absolute Gasteiger partial charge is 0.0572 e. The maximum absolute atomic E-state index is 10.3. The van der Waals surface area contributed by atoms with E-state index in [9.17, 15) is 5.11 Å². The molecule has 0 radical (unpaired) electrons. The minimum absolute atomic E-state index is 0.143. The Morgan fingerprint density at radius 2 is 2.00 bits per heavy atom. The molecule has 0 amide bonds. The molecule has 1 heterocycles. The van der Waals surface area contributed by atoms with E-state index in [-0.39, 0.29) is 6.10 Å². The van der Waals surface area contributed by atoms with Crippen LogP contribution in [-0.4, -0.2) is 11.2 Å². The average molecular weight is 351 g/mol. The number of benzene rings is 1. The van der Waals surface area contributed by atoms with E-state index in [1.54, 1.807) is 11.3 Å². The van der Waals surface area contributed by atoms with Gasteiger partial charge in [-0.3, -0.25) is 0 Å². The molecule has 0 spiro atoms. The molecule has 1 aromatic heterocycles. The summed E-state index contributed by atoms with van der Waals surface area (Å²) in [6, 6.07) is 12.9. The van der Waals surface area contributed by atoms with Gasteiger partial charge in [0.1, 0.15) is 0 Å². The number of thiophene rings is 1. The van der Waals surface area contributed by atoms with E-state index in [1.807, 2.05) is 0 Å². The van der Waals surface area contributed by atoms with Crippen molar-refractivity contribution in [2.24, 2.45) is 5.92 Å². The van der Waals surface area contributed by atoms with Crippen molar-refractivity contribution in [3.05, 3.63) is 56.7 Å². The van der Waals surface area contributed by atoms with Gasteiger partial charge in [0, 0.05) is 14.7 Å². The molecule has 3 unspecified atom stereocenters. The molecule has 106 valence electrons. The Morgan fingerprint density at radius 3 is 2.70 bits per heavy atom. The topological polar surface area (TPSA) is 20.2 Å². The monoisotopic (exact) mass is 350 g/mol. The Bertz CT molecular complexity index is 551. The van der Waals surface area contributed by atoms with Crippen molar-refractivity contribution in [1.29, 1.82) is 0 Å². The van der Waals surface area contributed by atoms with Crippen LogP contribution < -0.4 is 0 Å². The van der Waals surface area contributed by atoms with E-state index in [2.05, 4.69) is 57.7 Å². The van der Waals surface area contributed by atoms with Gasteiger partial charge in [-0.25, -0.2) is 0 Å². The van der Waals surface area contributed by atoms with Crippen LogP contribution in [0, 0.1) is 5.92 Å². The van der Waals surface area contributed by atoms with Gasteiger partial charge in [0.2, 0.25) is 0 Å². The average Bonchev–Trinajstić information content (AvgIpc) is 2.88. The second kappa shape index (κ2) is 6.42. The number of hydrogen-bond donors (Lipinski definition) is 1. The molecule has 1 aromatic carbocycles. The summed E-state index contributed by atoms with van der Waals surface area (Å²) < 4.78 is 1.16. The van der Waals surface area contributed by atoms with E-state index >= 15 is 0 Å². The highest BCUT2D eigenvalue weighted by Gasteiger charge is 2.30. The summed E-state index contributed by atoms with van der Waals surface area (Å²) in [7, 11) is 0. The zero-order valence-electron chi connectivity index (χ0n) is 11.3. The normalized spacial score (nSPS) is 26.6. The molecule has 1 aliphatic carbocycles. The molecule has 0 aliphatic heterocycles. The second-order valence-corrected chi connectivity index (χ2v) is 7.59. The van der Waals surface area contributed by atoms with Crippen molar-refractivity contribution in [3.8, 4) is 0 Å². The summed E-state index contributed by atoms with van der Waals surface area (Å²) >= 11 is 5.29. The summed E-state index contributed by atoms with van der Waals surface area (Å²) in [5.74, 6) is 0.993. The predicted molar refractivity (Wildman–Crippen MR) is 88.3 cm³/mol. The van der Waals surface area contributed by atoms with Gasteiger partial charge in [0.05, 0.1) is 6.10 Å². The lowest BCUT2D eigenvalue weighted by atomic mass is 9.75. The van der Waals surface area contributed by atoms with E-state index < -0.39 is 0 Å². The zero-order chi connectivity index (χ0) is 13.9. The first kappa shape index (κ1) is 14.3. The fourth-order valence-corrected chi connectivity index (χ4v) is 4.76. The molecule has 1 aliphatic rings. The first-order chi connectivity index (χ1) is 9.72. The summed E-state index contributed by atoms with van der Waals surface area (Å²) in [6.07, 6.45) is 3.99. The van der Waals surface area contributed by atoms with Crippen molar-refractivity contribution in [3.63, 3.8) is 0 Å². The fourth-order valence-electron chi connectivity index (χ4n) is 3.21. The summed E-state index contributed by atoms with van der Waals surface area (Å²) in [5.41, 5.74) is 1.43. The van der Waals surface area contributed by atoms with Gasteiger partial charge in [-0.05, 0) is 65.1 Å². The van der Waals surface area contributed by atoms with Gasteiger partial charge < -0.3 is 5.11 Å². The molecule has 20 heavy (non-hydrogen) atoms. The minimum Gasteiger partial charge on any atom is -0.393 e. The Morgan fingerprint density at radius 1 is 1.20 bits per heavy atom. The molecule has 1 saturated carbocycles. The number of rotatable bonds is 3. The van der Waals surface area contributed by atoms with E-state index in [0.29, 0.717) is 11.8 Å². The minimum atomic E-state index is -0.143. The first-order valence-corrected chi connectivity index (χ1v) is 8.85. The van der Waals surface area contributed by atoms with Crippen LogP contribution in [0.3, 0.4) is 0 Å². The van der Waals surface area contributed by atoms with Crippen LogP contribution in [0.2, 0.25) is 0 Å². The fraction of sp³-hybridized carbons (Fsp3) is 0.412. The van der Waals surface area contributed by atoms with Crippen LogP contribution >= 0.6 is 27.3 Å². The van der Waals surface area contributed by atoms with Crippen molar-refractivity contribution < 1.29 is 5.11 Å². The molecule has 3 rings (SSSR count). The molecule has 0 bridgehead atoms. The molecule has 3 atom stereocenters. The Hall–Kier alpha value is -0.640. The van der Waals surface area contributed by atoms with Crippen LogP contribution in [0.5, 0.6) is 0 Å². The van der Waals surface area contributed by atoms with Crippen LogP contribution in [0.4, 0.5) is 0 Å². The standard InChI is InChI=1S/C17H19BrOS/c18-15-10-16(20-11-15)9-14-8-13(6-7-17(14)19)12-4-2-1-3-5-12/h1-5,10-11,13-14,17,19H,6-9H2. The largest absolute Gasteiger partial charge is 0.393 e. The lowest BCUT2D eigenvalue weighted by Crippen LogP contribution is -2.29. The van der Waals surface area contributed by atoms with Crippen molar-refractivity contribution in [2.75, 3.05) is 0 Å². The lowest BCUT2D eigenvalue weighted by molar-refractivity contribution is 0.0623. The van der Waals surface area contributed by atoms with E-state index in [1.165, 1.54) is 10.4 Å². The number of hydrogen-bond acceptors (Lipinski definition) is 2. The highest BCUT2D eigenvalue weighted by molar-refractivity contribution is 9.10. The highest BCUT2D eigenvalue weighted by atomic mass is 79.9. The maximum Gasteiger partial charge on any atom is 0.0572 e. The van der Waals surface area contributed by atoms with Crippen molar-refractivity contribution >= 4 is 27.3 Å². The van der Waals surface area contributed by atoms with Gasteiger partial charge in [0.15, 0.2) is 0 Å².